The highest BCUT2D eigenvalue weighted by molar-refractivity contribution is 5.98. The molecule has 24 heavy (non-hydrogen) atoms. The molecule has 0 bridgehead atoms. The summed E-state index contributed by atoms with van der Waals surface area (Å²) in [6.45, 7) is 1.58. The predicted molar refractivity (Wildman–Crippen MR) is 80.7 cm³/mol. The van der Waals surface area contributed by atoms with Crippen LogP contribution in [0.1, 0.15) is 28.8 Å². The molecule has 6 nitrogen and oxygen atoms in total. The predicted octanol–water partition coefficient (Wildman–Crippen LogP) is 2.69. The molecule has 1 atom stereocenters. The van der Waals surface area contributed by atoms with E-state index in [0.29, 0.717) is 31.8 Å². The van der Waals surface area contributed by atoms with Crippen molar-refractivity contribution in [3.8, 4) is 0 Å². The van der Waals surface area contributed by atoms with Crippen LogP contribution in [0, 0.1) is 16.0 Å². The smallest absolute Gasteiger partial charge is 0.338 e. The average Bonchev–Trinajstić information content (AvgIpc) is 2.53. The maximum atomic E-state index is 12.7. The van der Waals surface area contributed by atoms with Gasteiger partial charge in [0.1, 0.15) is 5.56 Å². The zero-order chi connectivity index (χ0) is 17.9. The highest BCUT2D eigenvalue weighted by Gasteiger charge is 2.35. The Morgan fingerprint density at radius 2 is 2.17 bits per heavy atom. The fourth-order valence-electron chi connectivity index (χ4n) is 2.92. The number of alkyl halides is 3. The average molecular weight is 345 g/mol. The van der Waals surface area contributed by atoms with Crippen molar-refractivity contribution in [1.82, 2.24) is 10.2 Å². The molecule has 1 N–H and O–H groups in total. The molecule has 1 aliphatic rings. The molecule has 0 radical (unpaired) electrons. The van der Waals surface area contributed by atoms with Gasteiger partial charge in [-0.25, -0.2) is 0 Å². The summed E-state index contributed by atoms with van der Waals surface area (Å²) in [5.41, 5.74) is -2.26. The number of benzene rings is 1. The van der Waals surface area contributed by atoms with Gasteiger partial charge in [0, 0.05) is 19.2 Å². The van der Waals surface area contributed by atoms with Crippen LogP contribution in [0.15, 0.2) is 18.2 Å². The Morgan fingerprint density at radius 3 is 2.75 bits per heavy atom. The van der Waals surface area contributed by atoms with Gasteiger partial charge in [-0.15, -0.1) is 0 Å². The molecule has 0 saturated carbocycles. The highest BCUT2D eigenvalue weighted by atomic mass is 19.4. The third kappa shape index (κ3) is 4.02. The molecule has 1 amide bonds. The van der Waals surface area contributed by atoms with Gasteiger partial charge in [-0.1, -0.05) is 0 Å². The molecule has 0 spiro atoms. The van der Waals surface area contributed by atoms with Crippen LogP contribution >= 0.6 is 0 Å². The second-order valence-electron chi connectivity index (χ2n) is 5.80. The number of hydrogen-bond acceptors (Lipinski definition) is 4. The first-order valence-electron chi connectivity index (χ1n) is 7.53. The Labute approximate surface area is 136 Å². The molecule has 1 fully saturated rings. The first-order valence-corrected chi connectivity index (χ1v) is 7.53. The molecule has 1 heterocycles. The third-order valence-corrected chi connectivity index (χ3v) is 4.05. The van der Waals surface area contributed by atoms with Crippen molar-refractivity contribution in [2.24, 2.45) is 5.92 Å². The zero-order valence-corrected chi connectivity index (χ0v) is 13.1. The number of nitro benzene ring substituents is 1. The van der Waals surface area contributed by atoms with Crippen LogP contribution in [0.25, 0.3) is 0 Å². The van der Waals surface area contributed by atoms with E-state index in [1.807, 2.05) is 0 Å². The summed E-state index contributed by atoms with van der Waals surface area (Å²) in [7, 11) is 1.79. The molecule has 2 rings (SSSR count). The molecule has 9 heteroatoms. The lowest BCUT2D eigenvalue weighted by atomic mass is 9.97. The summed E-state index contributed by atoms with van der Waals surface area (Å²) >= 11 is 0. The number of nitrogens with one attached hydrogen (secondary N) is 1. The van der Waals surface area contributed by atoms with Crippen LogP contribution < -0.4 is 5.32 Å². The summed E-state index contributed by atoms with van der Waals surface area (Å²) in [6.07, 6.45) is -3.01. The maximum Gasteiger partial charge on any atom is 0.416 e. The van der Waals surface area contributed by atoms with Crippen molar-refractivity contribution in [3.05, 3.63) is 39.4 Å². The summed E-state index contributed by atoms with van der Waals surface area (Å²) in [6, 6.07) is 2.02. The number of nitrogens with zero attached hydrogens (tertiary/aromatic N) is 2. The van der Waals surface area contributed by atoms with Crippen molar-refractivity contribution >= 4 is 11.6 Å². The van der Waals surface area contributed by atoms with Gasteiger partial charge < -0.3 is 10.2 Å². The van der Waals surface area contributed by atoms with Gasteiger partial charge in [0.15, 0.2) is 0 Å². The minimum Gasteiger partial charge on any atom is -0.338 e. The number of halogens is 3. The summed E-state index contributed by atoms with van der Waals surface area (Å²) in [4.78, 5) is 24.2. The zero-order valence-electron chi connectivity index (χ0n) is 13.1. The van der Waals surface area contributed by atoms with Gasteiger partial charge in [-0.3, -0.25) is 14.9 Å². The fourth-order valence-corrected chi connectivity index (χ4v) is 2.92. The van der Waals surface area contributed by atoms with Crippen LogP contribution in [0.4, 0.5) is 18.9 Å². The molecule has 1 aliphatic heterocycles. The molecule has 1 unspecified atom stereocenters. The Bertz CT molecular complexity index is 632. The lowest BCUT2D eigenvalue weighted by Crippen LogP contribution is -2.42. The maximum absolute atomic E-state index is 12.7. The SMILES string of the molecule is CNCC1CCCN(C(=O)c2ccc(C(F)(F)F)cc2[N+](=O)[O-])C1. The second-order valence-corrected chi connectivity index (χ2v) is 5.80. The Hall–Kier alpha value is -2.16. The lowest BCUT2D eigenvalue weighted by Gasteiger charge is -2.32. The number of likely N-dealkylation sites (tertiary alicyclic amines) is 1. The van der Waals surface area contributed by atoms with E-state index in [1.165, 1.54) is 4.90 Å². The number of nitro groups is 1. The van der Waals surface area contributed by atoms with E-state index in [4.69, 9.17) is 0 Å². The Morgan fingerprint density at radius 1 is 1.46 bits per heavy atom. The van der Waals surface area contributed by atoms with Crippen molar-refractivity contribution in [3.63, 3.8) is 0 Å². The monoisotopic (exact) mass is 345 g/mol. The standard InChI is InChI=1S/C15H18F3N3O3/c1-19-8-10-3-2-6-20(9-10)14(22)12-5-4-11(15(16,17)18)7-13(12)21(23)24/h4-5,7,10,19H,2-3,6,8-9H2,1H3. The Kier molecular flexibility index (Phi) is 5.43. The van der Waals surface area contributed by atoms with E-state index < -0.39 is 28.3 Å². The number of rotatable bonds is 4. The van der Waals surface area contributed by atoms with Gasteiger partial charge >= 0.3 is 6.18 Å². The summed E-state index contributed by atoms with van der Waals surface area (Å²) in [5, 5.41) is 14.1. The van der Waals surface area contributed by atoms with Crippen LogP contribution in [-0.2, 0) is 6.18 Å². The molecular formula is C15H18F3N3O3. The van der Waals surface area contributed by atoms with E-state index in [1.54, 1.807) is 7.05 Å². The van der Waals surface area contributed by atoms with Crippen molar-refractivity contribution in [2.75, 3.05) is 26.7 Å². The molecule has 0 aliphatic carbocycles. The lowest BCUT2D eigenvalue weighted by molar-refractivity contribution is -0.385. The number of amides is 1. The molecule has 1 saturated heterocycles. The van der Waals surface area contributed by atoms with Crippen LogP contribution in [0.2, 0.25) is 0 Å². The van der Waals surface area contributed by atoms with Crippen LogP contribution in [0.3, 0.4) is 0 Å². The highest BCUT2D eigenvalue weighted by Crippen LogP contribution is 2.33. The number of hydrogen-bond donors (Lipinski definition) is 1. The topological polar surface area (TPSA) is 75.5 Å². The molecule has 132 valence electrons. The first kappa shape index (κ1) is 18.2. The van der Waals surface area contributed by atoms with Crippen molar-refractivity contribution in [2.45, 2.75) is 19.0 Å². The van der Waals surface area contributed by atoms with E-state index in [-0.39, 0.29) is 11.5 Å². The van der Waals surface area contributed by atoms with Gasteiger partial charge in [0.25, 0.3) is 11.6 Å². The molecule has 1 aromatic rings. The normalized spacial score (nSPS) is 18.5. The number of carbonyl (C=O) groups excluding carboxylic acids is 1. The van der Waals surface area contributed by atoms with Gasteiger partial charge in [0.2, 0.25) is 0 Å². The summed E-state index contributed by atoms with van der Waals surface area (Å²) in [5.74, 6) is -0.377. The van der Waals surface area contributed by atoms with Crippen LogP contribution in [0.5, 0.6) is 0 Å². The largest absolute Gasteiger partial charge is 0.416 e. The molecule has 1 aromatic carbocycles. The summed E-state index contributed by atoms with van der Waals surface area (Å²) < 4.78 is 38.2. The quantitative estimate of drug-likeness (QED) is 0.672. The molecule has 0 aromatic heterocycles. The minimum absolute atomic E-state index is 0.223. The van der Waals surface area contributed by atoms with E-state index in [2.05, 4.69) is 5.32 Å². The van der Waals surface area contributed by atoms with Gasteiger partial charge in [-0.2, -0.15) is 13.2 Å². The van der Waals surface area contributed by atoms with Gasteiger partial charge in [-0.05, 0) is 44.5 Å². The third-order valence-electron chi connectivity index (χ3n) is 4.05. The van der Waals surface area contributed by atoms with Crippen molar-refractivity contribution in [1.29, 1.82) is 0 Å². The van der Waals surface area contributed by atoms with Crippen LogP contribution in [-0.4, -0.2) is 42.4 Å². The number of piperidine rings is 1. The molecular weight excluding hydrogens is 327 g/mol. The first-order chi connectivity index (χ1) is 11.2. The minimum atomic E-state index is -4.70. The van der Waals surface area contributed by atoms with E-state index >= 15 is 0 Å². The number of carbonyl (C=O) groups is 1. The second kappa shape index (κ2) is 7.16. The van der Waals surface area contributed by atoms with E-state index in [0.717, 1.165) is 18.9 Å². The fraction of sp³-hybridized carbons (Fsp3) is 0.533. The van der Waals surface area contributed by atoms with Gasteiger partial charge in [0.05, 0.1) is 10.5 Å². The van der Waals surface area contributed by atoms with Crippen molar-refractivity contribution < 1.29 is 22.9 Å². The van der Waals surface area contributed by atoms with E-state index in [9.17, 15) is 28.1 Å². The Balaban J connectivity index is 2.30.